The third-order valence-electron chi connectivity index (χ3n) is 6.71. The van der Waals surface area contributed by atoms with Crippen molar-refractivity contribution in [2.45, 2.75) is 44.7 Å². The van der Waals surface area contributed by atoms with Gasteiger partial charge in [-0.1, -0.05) is 12.1 Å². The zero-order valence-corrected chi connectivity index (χ0v) is 16.8. The van der Waals surface area contributed by atoms with Gasteiger partial charge in [0.25, 0.3) is 5.56 Å². The van der Waals surface area contributed by atoms with Gasteiger partial charge >= 0.3 is 0 Å². The Morgan fingerprint density at radius 2 is 1.97 bits per heavy atom. The SMILES string of the molecule is O=C(Cc1cccnc1)N1C[C@@H]2C[C@H](C1)c1ccc(CN3CCCC3)c(=O)n1C2. The molecule has 5 heterocycles. The minimum absolute atomic E-state index is 0.161. The molecular weight excluding hydrogens is 364 g/mol. The summed E-state index contributed by atoms with van der Waals surface area (Å²) >= 11 is 0. The molecule has 3 aliphatic rings. The predicted molar refractivity (Wildman–Crippen MR) is 111 cm³/mol. The fourth-order valence-electron chi connectivity index (χ4n) is 5.29. The Labute approximate surface area is 171 Å². The van der Waals surface area contributed by atoms with E-state index in [1.54, 1.807) is 12.4 Å². The van der Waals surface area contributed by atoms with E-state index in [-0.39, 0.29) is 17.4 Å². The normalized spacial score (nSPS) is 23.8. The fraction of sp³-hybridized carbons (Fsp3) is 0.522. The number of nitrogens with zero attached hydrogens (tertiary/aromatic N) is 4. The first kappa shape index (κ1) is 18.6. The lowest BCUT2D eigenvalue weighted by Gasteiger charge is -2.43. The number of aromatic nitrogens is 2. The topological polar surface area (TPSA) is 58.4 Å². The van der Waals surface area contributed by atoms with Crippen molar-refractivity contribution in [1.29, 1.82) is 0 Å². The van der Waals surface area contributed by atoms with Gasteiger partial charge in [0, 0.05) is 55.7 Å². The van der Waals surface area contributed by atoms with Crippen molar-refractivity contribution in [2.24, 2.45) is 5.92 Å². The van der Waals surface area contributed by atoms with Crippen molar-refractivity contribution in [2.75, 3.05) is 26.2 Å². The number of hydrogen-bond donors (Lipinski definition) is 0. The molecule has 0 N–H and O–H groups in total. The first-order chi connectivity index (χ1) is 14.2. The second-order valence-electron chi connectivity index (χ2n) is 8.82. The van der Waals surface area contributed by atoms with Gasteiger partial charge in [0.15, 0.2) is 0 Å². The smallest absolute Gasteiger partial charge is 0.255 e. The zero-order chi connectivity index (χ0) is 19.8. The zero-order valence-electron chi connectivity index (χ0n) is 16.8. The van der Waals surface area contributed by atoms with Crippen LogP contribution in [0.3, 0.4) is 0 Å². The second-order valence-corrected chi connectivity index (χ2v) is 8.82. The van der Waals surface area contributed by atoms with Crippen LogP contribution in [0.1, 0.15) is 42.0 Å². The second kappa shape index (κ2) is 7.75. The molecular formula is C23H28N4O2. The van der Waals surface area contributed by atoms with Crippen molar-refractivity contribution in [1.82, 2.24) is 19.4 Å². The summed E-state index contributed by atoms with van der Waals surface area (Å²) in [5.41, 5.74) is 3.16. The maximum absolute atomic E-state index is 13.1. The lowest BCUT2D eigenvalue weighted by molar-refractivity contribution is -0.133. The van der Waals surface area contributed by atoms with Crippen molar-refractivity contribution < 1.29 is 4.79 Å². The van der Waals surface area contributed by atoms with E-state index < -0.39 is 0 Å². The minimum Gasteiger partial charge on any atom is -0.341 e. The monoisotopic (exact) mass is 392 g/mol. The van der Waals surface area contributed by atoms with E-state index in [1.807, 2.05) is 27.7 Å². The maximum atomic E-state index is 13.1. The van der Waals surface area contributed by atoms with Crippen LogP contribution < -0.4 is 5.56 Å². The molecule has 0 radical (unpaired) electrons. The maximum Gasteiger partial charge on any atom is 0.255 e. The third kappa shape index (κ3) is 3.73. The first-order valence-corrected chi connectivity index (χ1v) is 10.8. The van der Waals surface area contributed by atoms with Gasteiger partial charge in [0.05, 0.1) is 6.42 Å². The van der Waals surface area contributed by atoms with Crippen molar-refractivity contribution in [3.63, 3.8) is 0 Å². The summed E-state index contributed by atoms with van der Waals surface area (Å²) in [7, 11) is 0. The number of carbonyl (C=O) groups is 1. The number of amides is 1. The molecule has 0 aromatic carbocycles. The number of piperidine rings is 1. The largest absolute Gasteiger partial charge is 0.341 e. The van der Waals surface area contributed by atoms with Gasteiger partial charge in [-0.05, 0) is 56.0 Å². The number of pyridine rings is 2. The van der Waals surface area contributed by atoms with E-state index in [0.717, 1.165) is 56.0 Å². The highest BCUT2D eigenvalue weighted by atomic mass is 16.2. The Morgan fingerprint density at radius 3 is 2.76 bits per heavy atom. The highest BCUT2D eigenvalue weighted by molar-refractivity contribution is 5.79. The molecule has 152 valence electrons. The predicted octanol–water partition coefficient (Wildman–Crippen LogP) is 2.03. The van der Waals surface area contributed by atoms with Crippen molar-refractivity contribution in [3.05, 3.63) is 63.8 Å². The Hall–Kier alpha value is -2.47. The highest BCUT2D eigenvalue weighted by Gasteiger charge is 2.36. The van der Waals surface area contributed by atoms with Gasteiger partial charge < -0.3 is 9.47 Å². The van der Waals surface area contributed by atoms with E-state index in [2.05, 4.69) is 16.0 Å². The molecule has 2 bridgehead atoms. The summed E-state index contributed by atoms with van der Waals surface area (Å²) in [6, 6.07) is 7.99. The van der Waals surface area contributed by atoms with Crippen LogP contribution in [0.4, 0.5) is 0 Å². The summed E-state index contributed by atoms with van der Waals surface area (Å²) in [4.78, 5) is 34.5. The molecule has 29 heavy (non-hydrogen) atoms. The third-order valence-corrected chi connectivity index (χ3v) is 6.71. The van der Waals surface area contributed by atoms with E-state index in [9.17, 15) is 9.59 Å². The fourth-order valence-corrected chi connectivity index (χ4v) is 5.29. The number of carbonyl (C=O) groups excluding carboxylic acids is 1. The molecule has 5 rings (SSSR count). The molecule has 0 aliphatic carbocycles. The summed E-state index contributed by atoms with van der Waals surface area (Å²) in [5, 5.41) is 0. The summed E-state index contributed by atoms with van der Waals surface area (Å²) in [5.74, 6) is 0.780. The van der Waals surface area contributed by atoms with Crippen LogP contribution in [0.25, 0.3) is 0 Å². The Kier molecular flexibility index (Phi) is 4.96. The average molecular weight is 393 g/mol. The molecule has 2 atom stereocenters. The molecule has 2 fully saturated rings. The molecule has 2 aromatic heterocycles. The van der Waals surface area contributed by atoms with Gasteiger partial charge in [-0.15, -0.1) is 0 Å². The van der Waals surface area contributed by atoms with Gasteiger partial charge in [0.2, 0.25) is 5.91 Å². The number of fused-ring (bicyclic) bond motifs is 4. The van der Waals surface area contributed by atoms with Crippen molar-refractivity contribution in [3.8, 4) is 0 Å². The lowest BCUT2D eigenvalue weighted by atomic mass is 9.82. The highest BCUT2D eigenvalue weighted by Crippen LogP contribution is 2.35. The molecule has 2 aromatic rings. The number of rotatable bonds is 4. The van der Waals surface area contributed by atoms with E-state index >= 15 is 0 Å². The van der Waals surface area contributed by atoms with E-state index in [4.69, 9.17) is 0 Å². The summed E-state index contributed by atoms with van der Waals surface area (Å²) in [6.07, 6.45) is 7.43. The first-order valence-electron chi connectivity index (χ1n) is 10.8. The van der Waals surface area contributed by atoms with Crippen LogP contribution in [0, 0.1) is 5.92 Å². The number of hydrogen-bond acceptors (Lipinski definition) is 4. The van der Waals surface area contributed by atoms with Crippen LogP contribution >= 0.6 is 0 Å². The minimum atomic E-state index is 0.161. The molecule has 0 saturated carbocycles. The van der Waals surface area contributed by atoms with Gasteiger partial charge in [-0.3, -0.25) is 19.5 Å². The molecule has 6 nitrogen and oxygen atoms in total. The van der Waals surface area contributed by atoms with E-state index in [0.29, 0.717) is 18.9 Å². The van der Waals surface area contributed by atoms with Crippen molar-refractivity contribution >= 4 is 5.91 Å². The molecule has 1 amide bonds. The van der Waals surface area contributed by atoms with Crippen LogP contribution in [-0.4, -0.2) is 51.4 Å². The Morgan fingerprint density at radius 1 is 1.10 bits per heavy atom. The number of likely N-dealkylation sites (tertiary alicyclic amines) is 2. The summed E-state index contributed by atoms with van der Waals surface area (Å²) < 4.78 is 2.01. The van der Waals surface area contributed by atoms with Crippen LogP contribution in [-0.2, 0) is 24.3 Å². The average Bonchev–Trinajstić information content (AvgIpc) is 3.24. The molecule has 6 heteroatoms. The van der Waals surface area contributed by atoms with Gasteiger partial charge in [0.1, 0.15) is 0 Å². The standard InChI is InChI=1S/C23H28N4O2/c28-22(11-17-4-3-7-24-12-17)26-13-18-10-20(16-26)21-6-5-19(23(29)27(21)14-18)15-25-8-1-2-9-25/h3-7,12,18,20H,1-2,8-11,13-16H2/t18-,20+/m0/s1. The lowest BCUT2D eigenvalue weighted by Crippen LogP contribution is -2.50. The van der Waals surface area contributed by atoms with Gasteiger partial charge in [-0.2, -0.15) is 0 Å². The Bertz CT molecular complexity index is 949. The Balaban J connectivity index is 1.33. The van der Waals surface area contributed by atoms with Crippen LogP contribution in [0.15, 0.2) is 41.5 Å². The molecule has 0 unspecified atom stereocenters. The molecule has 3 aliphatic heterocycles. The summed E-state index contributed by atoms with van der Waals surface area (Å²) in [6.45, 7) is 5.15. The molecule has 2 saturated heterocycles. The molecule has 0 spiro atoms. The van der Waals surface area contributed by atoms with Crippen LogP contribution in [0.5, 0.6) is 0 Å². The van der Waals surface area contributed by atoms with Gasteiger partial charge in [-0.25, -0.2) is 0 Å². The van der Waals surface area contributed by atoms with Crippen LogP contribution in [0.2, 0.25) is 0 Å². The van der Waals surface area contributed by atoms with E-state index in [1.165, 1.54) is 12.8 Å². The quantitative estimate of drug-likeness (QED) is 0.799.